The Bertz CT molecular complexity index is 698. The highest BCUT2D eigenvalue weighted by molar-refractivity contribution is 5.76. The van der Waals surface area contributed by atoms with E-state index < -0.39 is 0 Å². The van der Waals surface area contributed by atoms with Gasteiger partial charge in [0.2, 0.25) is 0 Å². The highest BCUT2D eigenvalue weighted by Crippen LogP contribution is 2.04. The molecule has 0 aliphatic heterocycles. The van der Waals surface area contributed by atoms with Gasteiger partial charge < -0.3 is 4.74 Å². The summed E-state index contributed by atoms with van der Waals surface area (Å²) in [6, 6.07) is 7.07. The second-order valence-electron chi connectivity index (χ2n) is 5.02. The van der Waals surface area contributed by atoms with Crippen LogP contribution in [0.2, 0.25) is 0 Å². The van der Waals surface area contributed by atoms with Crippen LogP contribution in [0.25, 0.3) is 10.9 Å². The Balaban J connectivity index is 2.14. The Morgan fingerprint density at radius 1 is 1.43 bits per heavy atom. The summed E-state index contributed by atoms with van der Waals surface area (Å²) in [7, 11) is 3.17. The SMILES string of the molecule is COC(=O)C(C)CN(C)Cn1nnc2ccccc2c1=O. The van der Waals surface area contributed by atoms with Crippen LogP contribution in [0.15, 0.2) is 29.1 Å². The molecule has 0 spiro atoms. The summed E-state index contributed by atoms with van der Waals surface area (Å²) in [5.74, 6) is -0.553. The maximum Gasteiger partial charge on any atom is 0.309 e. The molecule has 1 unspecified atom stereocenters. The van der Waals surface area contributed by atoms with Crippen LogP contribution in [0, 0.1) is 5.92 Å². The van der Waals surface area contributed by atoms with Crippen molar-refractivity contribution >= 4 is 16.9 Å². The number of methoxy groups -OCH3 is 1. The van der Waals surface area contributed by atoms with Gasteiger partial charge in [-0.15, -0.1) is 5.10 Å². The van der Waals surface area contributed by atoms with Crippen molar-refractivity contribution in [1.29, 1.82) is 0 Å². The zero-order valence-corrected chi connectivity index (χ0v) is 12.3. The van der Waals surface area contributed by atoms with E-state index in [1.165, 1.54) is 11.8 Å². The minimum Gasteiger partial charge on any atom is -0.469 e. The molecule has 0 aliphatic carbocycles. The van der Waals surface area contributed by atoms with E-state index in [0.29, 0.717) is 17.4 Å². The fraction of sp³-hybridized carbons (Fsp3) is 0.429. The lowest BCUT2D eigenvalue weighted by atomic mass is 10.2. The predicted molar refractivity (Wildman–Crippen MR) is 77.6 cm³/mol. The van der Waals surface area contributed by atoms with E-state index in [0.717, 1.165) is 0 Å². The predicted octanol–water partition coefficient (Wildman–Crippen LogP) is 0.490. The third kappa shape index (κ3) is 3.43. The van der Waals surface area contributed by atoms with Gasteiger partial charge in [0.1, 0.15) is 5.52 Å². The van der Waals surface area contributed by atoms with Gasteiger partial charge in [0.25, 0.3) is 5.56 Å². The number of fused-ring (bicyclic) bond motifs is 1. The van der Waals surface area contributed by atoms with Crippen molar-refractivity contribution in [1.82, 2.24) is 19.9 Å². The summed E-state index contributed by atoms with van der Waals surface area (Å²) in [6.07, 6.45) is 0. The molecular weight excluding hydrogens is 272 g/mol. The van der Waals surface area contributed by atoms with E-state index in [1.54, 1.807) is 25.1 Å². The number of esters is 1. The lowest BCUT2D eigenvalue weighted by molar-refractivity contribution is -0.145. The van der Waals surface area contributed by atoms with Gasteiger partial charge in [-0.2, -0.15) is 4.68 Å². The fourth-order valence-electron chi connectivity index (χ4n) is 2.15. The van der Waals surface area contributed by atoms with Crippen LogP contribution < -0.4 is 5.56 Å². The normalized spacial score (nSPS) is 12.6. The van der Waals surface area contributed by atoms with Crippen LogP contribution in [-0.4, -0.2) is 46.6 Å². The van der Waals surface area contributed by atoms with E-state index in [9.17, 15) is 9.59 Å². The molecule has 0 fully saturated rings. The fourth-order valence-corrected chi connectivity index (χ4v) is 2.15. The number of benzene rings is 1. The Kier molecular flexibility index (Phi) is 4.64. The Hall–Kier alpha value is -2.28. The molecule has 0 N–H and O–H groups in total. The first-order valence-corrected chi connectivity index (χ1v) is 6.62. The number of rotatable bonds is 5. The van der Waals surface area contributed by atoms with Crippen LogP contribution >= 0.6 is 0 Å². The standard InChI is InChI=1S/C14H18N4O3/c1-10(14(20)21-3)8-17(2)9-18-13(19)11-6-4-5-7-12(11)15-16-18/h4-7,10H,8-9H2,1-3H3. The molecule has 0 saturated carbocycles. The topological polar surface area (TPSA) is 77.3 Å². The minimum atomic E-state index is -0.279. The molecular formula is C14H18N4O3. The van der Waals surface area contributed by atoms with Crippen LogP contribution in [0.4, 0.5) is 0 Å². The van der Waals surface area contributed by atoms with Gasteiger partial charge in [0.15, 0.2) is 0 Å². The molecule has 0 aliphatic rings. The molecule has 0 saturated heterocycles. The third-order valence-corrected chi connectivity index (χ3v) is 3.19. The molecule has 1 aromatic heterocycles. The molecule has 7 nitrogen and oxygen atoms in total. The summed E-state index contributed by atoms with van der Waals surface area (Å²) in [5, 5.41) is 8.46. The van der Waals surface area contributed by atoms with Crippen LogP contribution in [0.5, 0.6) is 0 Å². The van der Waals surface area contributed by atoms with E-state index in [-0.39, 0.29) is 24.1 Å². The molecule has 7 heteroatoms. The summed E-state index contributed by atoms with van der Waals surface area (Å²) in [6.45, 7) is 2.50. The largest absolute Gasteiger partial charge is 0.469 e. The average molecular weight is 290 g/mol. The van der Waals surface area contributed by atoms with Crippen molar-refractivity contribution < 1.29 is 9.53 Å². The number of nitrogens with zero attached hydrogens (tertiary/aromatic N) is 4. The van der Waals surface area contributed by atoms with Gasteiger partial charge >= 0.3 is 5.97 Å². The molecule has 0 radical (unpaired) electrons. The molecule has 2 aromatic rings. The van der Waals surface area contributed by atoms with Crippen LogP contribution in [0.1, 0.15) is 6.92 Å². The van der Waals surface area contributed by atoms with Gasteiger partial charge in [-0.3, -0.25) is 14.5 Å². The molecule has 21 heavy (non-hydrogen) atoms. The van der Waals surface area contributed by atoms with Crippen molar-refractivity contribution in [2.45, 2.75) is 13.6 Å². The first-order valence-electron chi connectivity index (χ1n) is 6.62. The van der Waals surface area contributed by atoms with Crippen molar-refractivity contribution in [3.8, 4) is 0 Å². The first kappa shape index (κ1) is 15.1. The lowest BCUT2D eigenvalue weighted by Gasteiger charge is -2.19. The molecule has 0 amide bonds. The maximum atomic E-state index is 12.3. The monoisotopic (exact) mass is 290 g/mol. The summed E-state index contributed by atoms with van der Waals surface area (Å²) >= 11 is 0. The van der Waals surface area contributed by atoms with E-state index in [4.69, 9.17) is 0 Å². The molecule has 0 bridgehead atoms. The van der Waals surface area contributed by atoms with E-state index >= 15 is 0 Å². The van der Waals surface area contributed by atoms with Crippen molar-refractivity contribution in [2.75, 3.05) is 20.7 Å². The smallest absolute Gasteiger partial charge is 0.309 e. The lowest BCUT2D eigenvalue weighted by Crippen LogP contribution is -2.36. The van der Waals surface area contributed by atoms with Gasteiger partial charge in [0.05, 0.1) is 25.1 Å². The number of carbonyl (C=O) groups excluding carboxylic acids is 1. The zero-order valence-electron chi connectivity index (χ0n) is 12.3. The van der Waals surface area contributed by atoms with Gasteiger partial charge in [0, 0.05) is 6.54 Å². The average Bonchev–Trinajstić information content (AvgIpc) is 2.49. The minimum absolute atomic E-state index is 0.196. The van der Waals surface area contributed by atoms with E-state index in [1.807, 2.05) is 18.0 Å². The molecule has 1 aromatic carbocycles. The molecule has 112 valence electrons. The Labute approximate surface area is 122 Å². The zero-order chi connectivity index (χ0) is 15.4. The summed E-state index contributed by atoms with van der Waals surface area (Å²) in [4.78, 5) is 25.5. The van der Waals surface area contributed by atoms with Gasteiger partial charge in [-0.05, 0) is 19.2 Å². The highest BCUT2D eigenvalue weighted by atomic mass is 16.5. The van der Waals surface area contributed by atoms with Crippen molar-refractivity contribution in [3.05, 3.63) is 34.6 Å². The van der Waals surface area contributed by atoms with Crippen LogP contribution in [-0.2, 0) is 16.2 Å². The molecule has 1 atom stereocenters. The Morgan fingerprint density at radius 2 is 2.14 bits per heavy atom. The number of hydrogen-bond acceptors (Lipinski definition) is 6. The Morgan fingerprint density at radius 3 is 2.86 bits per heavy atom. The number of aromatic nitrogens is 3. The van der Waals surface area contributed by atoms with Gasteiger partial charge in [-0.1, -0.05) is 24.3 Å². The molecule has 2 rings (SSSR count). The number of carbonyl (C=O) groups is 1. The van der Waals surface area contributed by atoms with Crippen LogP contribution in [0.3, 0.4) is 0 Å². The number of ether oxygens (including phenoxy) is 1. The second-order valence-corrected chi connectivity index (χ2v) is 5.02. The van der Waals surface area contributed by atoms with Crippen molar-refractivity contribution in [2.24, 2.45) is 5.92 Å². The maximum absolute atomic E-state index is 12.3. The third-order valence-electron chi connectivity index (χ3n) is 3.19. The summed E-state index contributed by atoms with van der Waals surface area (Å²) < 4.78 is 5.97. The molecule has 1 heterocycles. The van der Waals surface area contributed by atoms with E-state index in [2.05, 4.69) is 15.0 Å². The first-order chi connectivity index (χ1) is 10.0. The quantitative estimate of drug-likeness (QED) is 0.746. The summed E-state index contributed by atoms with van der Waals surface area (Å²) in [5.41, 5.74) is 0.377. The van der Waals surface area contributed by atoms with Crippen molar-refractivity contribution in [3.63, 3.8) is 0 Å². The van der Waals surface area contributed by atoms with Gasteiger partial charge in [-0.25, -0.2) is 0 Å². The number of hydrogen-bond donors (Lipinski definition) is 0. The second kappa shape index (κ2) is 6.45. The highest BCUT2D eigenvalue weighted by Gasteiger charge is 2.16.